The number of carbonyl (C=O) groups excluding carboxylic acids is 1. The fraction of sp³-hybridized carbons (Fsp3) is 0.333. The Balaban J connectivity index is 1.83. The third kappa shape index (κ3) is 5.29. The molecule has 0 unspecified atom stereocenters. The normalized spacial score (nSPS) is 10.5. The summed E-state index contributed by atoms with van der Waals surface area (Å²) in [5.74, 6) is 0.794. The molecule has 0 aliphatic heterocycles. The SMILES string of the molecule is CC(=O)NCCCOc1ccc(-c2ncc(CNCl)s2)cc1. The summed E-state index contributed by atoms with van der Waals surface area (Å²) in [5, 5.41) is 3.69. The molecule has 0 saturated heterocycles. The van der Waals surface area contributed by atoms with Crippen molar-refractivity contribution in [3.63, 3.8) is 0 Å². The van der Waals surface area contributed by atoms with Crippen molar-refractivity contribution >= 4 is 29.0 Å². The zero-order valence-corrected chi connectivity index (χ0v) is 13.8. The summed E-state index contributed by atoms with van der Waals surface area (Å²) in [6.45, 7) is 3.31. The Labute approximate surface area is 138 Å². The largest absolute Gasteiger partial charge is 0.494 e. The highest BCUT2D eigenvalue weighted by Crippen LogP contribution is 2.26. The van der Waals surface area contributed by atoms with Crippen molar-refractivity contribution in [2.45, 2.75) is 19.9 Å². The number of nitrogens with one attached hydrogen (secondary N) is 2. The van der Waals surface area contributed by atoms with Gasteiger partial charge in [-0.1, -0.05) is 0 Å². The van der Waals surface area contributed by atoms with Crippen molar-refractivity contribution in [3.05, 3.63) is 35.3 Å². The van der Waals surface area contributed by atoms with Crippen molar-refractivity contribution in [2.75, 3.05) is 13.2 Å². The van der Waals surface area contributed by atoms with Crippen LogP contribution in [0, 0.1) is 0 Å². The lowest BCUT2D eigenvalue weighted by molar-refractivity contribution is -0.118. The molecule has 5 nitrogen and oxygen atoms in total. The van der Waals surface area contributed by atoms with Crippen molar-refractivity contribution in [2.24, 2.45) is 0 Å². The summed E-state index contributed by atoms with van der Waals surface area (Å²) in [7, 11) is 0. The van der Waals surface area contributed by atoms with Crippen LogP contribution in [0.1, 0.15) is 18.2 Å². The van der Waals surface area contributed by atoms with Gasteiger partial charge in [0, 0.05) is 36.7 Å². The van der Waals surface area contributed by atoms with E-state index in [0.717, 1.165) is 27.6 Å². The van der Waals surface area contributed by atoms with Gasteiger partial charge in [-0.25, -0.2) is 9.82 Å². The second-order valence-corrected chi connectivity index (χ2v) is 6.03. The molecule has 2 rings (SSSR count). The number of nitrogens with zero attached hydrogens (tertiary/aromatic N) is 1. The van der Waals surface area contributed by atoms with E-state index in [1.54, 1.807) is 11.3 Å². The lowest BCUT2D eigenvalue weighted by Crippen LogP contribution is -2.22. The molecular formula is C15H18ClN3O2S. The van der Waals surface area contributed by atoms with Gasteiger partial charge in [0.05, 0.1) is 6.61 Å². The minimum Gasteiger partial charge on any atom is -0.494 e. The zero-order valence-electron chi connectivity index (χ0n) is 12.3. The molecule has 0 atom stereocenters. The van der Waals surface area contributed by atoms with Crippen molar-refractivity contribution < 1.29 is 9.53 Å². The van der Waals surface area contributed by atoms with Gasteiger partial charge in [-0.05, 0) is 42.5 Å². The van der Waals surface area contributed by atoms with E-state index < -0.39 is 0 Å². The van der Waals surface area contributed by atoms with E-state index in [1.807, 2.05) is 30.5 Å². The number of hydrogen-bond donors (Lipinski definition) is 2. The van der Waals surface area contributed by atoms with Gasteiger partial charge in [-0.15, -0.1) is 11.3 Å². The molecule has 1 amide bonds. The molecule has 2 aromatic rings. The molecule has 2 N–H and O–H groups in total. The van der Waals surface area contributed by atoms with E-state index in [0.29, 0.717) is 19.7 Å². The van der Waals surface area contributed by atoms with Crippen molar-refractivity contribution in [3.8, 4) is 16.3 Å². The summed E-state index contributed by atoms with van der Waals surface area (Å²) in [4.78, 5) is 18.8. The van der Waals surface area contributed by atoms with E-state index in [2.05, 4.69) is 15.1 Å². The van der Waals surface area contributed by atoms with E-state index in [9.17, 15) is 4.79 Å². The van der Waals surface area contributed by atoms with E-state index in [-0.39, 0.29) is 5.91 Å². The molecule has 1 heterocycles. The highest BCUT2D eigenvalue weighted by molar-refractivity contribution is 7.15. The number of hydrogen-bond acceptors (Lipinski definition) is 5. The molecule has 0 radical (unpaired) electrons. The number of aromatic nitrogens is 1. The summed E-state index contributed by atoms with van der Waals surface area (Å²) >= 11 is 7.09. The third-order valence-corrected chi connectivity index (χ3v) is 4.04. The van der Waals surface area contributed by atoms with Gasteiger partial charge in [0.1, 0.15) is 10.8 Å². The number of ether oxygens (including phenoxy) is 1. The van der Waals surface area contributed by atoms with E-state index in [1.165, 1.54) is 6.92 Å². The predicted molar refractivity (Wildman–Crippen MR) is 89.0 cm³/mol. The van der Waals surface area contributed by atoms with Crippen LogP contribution >= 0.6 is 23.1 Å². The maximum absolute atomic E-state index is 10.7. The molecule has 1 aromatic carbocycles. The Morgan fingerprint density at radius 2 is 2.14 bits per heavy atom. The van der Waals surface area contributed by atoms with Gasteiger partial charge in [0.25, 0.3) is 0 Å². The molecule has 0 fully saturated rings. The molecule has 0 spiro atoms. The van der Waals surface area contributed by atoms with Gasteiger partial charge < -0.3 is 10.1 Å². The first kappa shape index (κ1) is 16.7. The van der Waals surface area contributed by atoms with Crippen LogP contribution in [-0.4, -0.2) is 24.0 Å². The highest BCUT2D eigenvalue weighted by Gasteiger charge is 2.05. The Bertz CT molecular complexity index is 601. The number of carbonyl (C=O) groups is 1. The number of rotatable bonds is 8. The standard InChI is InChI=1S/C15H18ClN3O2S/c1-11(20)17-7-2-8-21-13-5-3-12(4-6-13)15-18-9-14(22-15)10-19-16/h3-6,9,19H,2,7-8,10H2,1H3,(H,17,20). The first-order valence-electron chi connectivity index (χ1n) is 6.95. The van der Waals surface area contributed by atoms with Gasteiger partial charge in [0.2, 0.25) is 5.91 Å². The Hall–Kier alpha value is -1.63. The van der Waals surface area contributed by atoms with Crippen molar-refractivity contribution in [1.29, 1.82) is 0 Å². The summed E-state index contributed by atoms with van der Waals surface area (Å²) in [6.07, 6.45) is 2.60. The molecule has 0 aliphatic rings. The lowest BCUT2D eigenvalue weighted by Gasteiger charge is -2.07. The van der Waals surface area contributed by atoms with Gasteiger partial charge in [0.15, 0.2) is 0 Å². The van der Waals surface area contributed by atoms with Crippen LogP contribution in [0.25, 0.3) is 10.6 Å². The predicted octanol–water partition coefficient (Wildman–Crippen LogP) is 2.96. The average Bonchev–Trinajstić information content (AvgIpc) is 2.96. The summed E-state index contributed by atoms with van der Waals surface area (Å²) in [6, 6.07) is 7.82. The van der Waals surface area contributed by atoms with E-state index in [4.69, 9.17) is 16.5 Å². The first-order valence-corrected chi connectivity index (χ1v) is 8.14. The maximum atomic E-state index is 10.7. The third-order valence-electron chi connectivity index (χ3n) is 2.86. The first-order chi connectivity index (χ1) is 10.7. The molecular weight excluding hydrogens is 322 g/mol. The average molecular weight is 340 g/mol. The molecule has 0 bridgehead atoms. The molecule has 0 aliphatic carbocycles. The summed E-state index contributed by atoms with van der Waals surface area (Å²) in [5.41, 5.74) is 1.05. The second-order valence-electron chi connectivity index (χ2n) is 4.65. The van der Waals surface area contributed by atoms with Crippen LogP contribution in [0.3, 0.4) is 0 Å². The Morgan fingerprint density at radius 3 is 2.82 bits per heavy atom. The van der Waals surface area contributed by atoms with Crippen LogP contribution < -0.4 is 14.9 Å². The van der Waals surface area contributed by atoms with E-state index >= 15 is 0 Å². The molecule has 118 valence electrons. The Kier molecular flexibility index (Phi) is 6.64. The number of amides is 1. The van der Waals surface area contributed by atoms with Gasteiger partial charge >= 0.3 is 0 Å². The lowest BCUT2D eigenvalue weighted by atomic mass is 10.2. The fourth-order valence-electron chi connectivity index (χ4n) is 1.81. The van der Waals surface area contributed by atoms with Gasteiger partial charge in [-0.3, -0.25) is 4.79 Å². The topological polar surface area (TPSA) is 63.2 Å². The highest BCUT2D eigenvalue weighted by atomic mass is 35.5. The zero-order chi connectivity index (χ0) is 15.8. The van der Waals surface area contributed by atoms with Gasteiger partial charge in [-0.2, -0.15) is 0 Å². The van der Waals surface area contributed by atoms with Crippen LogP contribution in [0.2, 0.25) is 0 Å². The smallest absolute Gasteiger partial charge is 0.216 e. The van der Waals surface area contributed by atoms with Crippen LogP contribution in [0.15, 0.2) is 30.5 Å². The monoisotopic (exact) mass is 339 g/mol. The number of thiazole rings is 1. The second kappa shape index (κ2) is 8.73. The fourth-order valence-corrected chi connectivity index (χ4v) is 2.89. The number of halogens is 1. The minimum atomic E-state index is -0.0171. The molecule has 22 heavy (non-hydrogen) atoms. The van der Waals surface area contributed by atoms with Crippen LogP contribution in [0.5, 0.6) is 5.75 Å². The van der Waals surface area contributed by atoms with Crippen molar-refractivity contribution in [1.82, 2.24) is 15.1 Å². The Morgan fingerprint density at radius 1 is 1.36 bits per heavy atom. The minimum absolute atomic E-state index is 0.0171. The van der Waals surface area contributed by atoms with Crippen LogP contribution in [-0.2, 0) is 11.3 Å². The molecule has 0 saturated carbocycles. The summed E-state index contributed by atoms with van der Waals surface area (Å²) < 4.78 is 5.63. The molecule has 1 aromatic heterocycles. The molecule has 7 heteroatoms. The maximum Gasteiger partial charge on any atom is 0.216 e. The van der Waals surface area contributed by atoms with Crippen LogP contribution in [0.4, 0.5) is 0 Å². The number of benzene rings is 1. The quantitative estimate of drug-likeness (QED) is 0.573.